The molecule has 1 atom stereocenters. The van der Waals surface area contributed by atoms with E-state index in [-0.39, 0.29) is 13.2 Å². The Morgan fingerprint density at radius 2 is 1.35 bits per heavy atom. The zero-order valence-corrected chi connectivity index (χ0v) is 17.9. The van der Waals surface area contributed by atoms with Gasteiger partial charge in [0.1, 0.15) is 12.6 Å². The molecule has 0 aromatic heterocycles. The number of ether oxygens (including phenoxy) is 2. The molecule has 0 spiro atoms. The number of benzene rings is 3. The van der Waals surface area contributed by atoms with Crippen LogP contribution in [0.15, 0.2) is 84.9 Å². The summed E-state index contributed by atoms with van der Waals surface area (Å²) in [7, 11) is 1.56. The van der Waals surface area contributed by atoms with Crippen molar-refractivity contribution in [2.45, 2.75) is 26.0 Å². The lowest BCUT2D eigenvalue weighted by molar-refractivity contribution is -0.150. The van der Waals surface area contributed by atoms with E-state index >= 15 is 0 Å². The largest absolute Gasteiger partial charge is 0.459 e. The van der Waals surface area contributed by atoms with Crippen LogP contribution in [0.1, 0.15) is 18.1 Å². The van der Waals surface area contributed by atoms with E-state index in [2.05, 4.69) is 0 Å². The Balaban J connectivity index is 1.74. The Hall–Kier alpha value is -3.60. The molecule has 0 heterocycles. The maximum absolute atomic E-state index is 12.9. The van der Waals surface area contributed by atoms with Crippen LogP contribution in [-0.4, -0.2) is 36.7 Å². The average Bonchev–Trinajstić information content (AvgIpc) is 2.82. The minimum atomic E-state index is -0.787. The van der Waals surface area contributed by atoms with Gasteiger partial charge in [0.25, 0.3) is 0 Å². The molecule has 0 bridgehead atoms. The Labute approximate surface area is 183 Å². The minimum Gasteiger partial charge on any atom is -0.459 e. The first-order chi connectivity index (χ1) is 15.1. The van der Waals surface area contributed by atoms with Gasteiger partial charge < -0.3 is 9.47 Å². The lowest BCUT2D eigenvalue weighted by Crippen LogP contribution is -2.45. The number of rotatable bonds is 8. The summed E-state index contributed by atoms with van der Waals surface area (Å²) in [5.74, 6) is -0.466. The smallest absolute Gasteiger partial charge is 0.410 e. The average molecular weight is 418 g/mol. The fourth-order valence-electron chi connectivity index (χ4n) is 3.24. The summed E-state index contributed by atoms with van der Waals surface area (Å²) in [6.07, 6.45) is -0.220. The van der Waals surface area contributed by atoms with Crippen molar-refractivity contribution in [2.24, 2.45) is 0 Å². The first-order valence-corrected chi connectivity index (χ1v) is 10.3. The van der Waals surface area contributed by atoms with Gasteiger partial charge in [-0.25, -0.2) is 9.59 Å². The highest BCUT2D eigenvalue weighted by Gasteiger charge is 2.29. The monoisotopic (exact) mass is 417 g/mol. The van der Waals surface area contributed by atoms with E-state index < -0.39 is 18.1 Å². The van der Waals surface area contributed by atoms with Gasteiger partial charge in [-0.1, -0.05) is 84.9 Å². The van der Waals surface area contributed by atoms with Crippen molar-refractivity contribution in [3.63, 3.8) is 0 Å². The lowest BCUT2D eigenvalue weighted by atomic mass is 10.0. The summed E-state index contributed by atoms with van der Waals surface area (Å²) in [6.45, 7) is 2.12. The standard InChI is InChI=1S/C26H27NO4/c1-3-30-26(29)27(2)24(25(28)31-19-21-10-6-4-7-11-21)18-20-14-16-23(17-15-20)22-12-8-5-9-13-22/h4-17,24H,3,18-19H2,1-2H3/t24-/m0/s1. The molecule has 0 aliphatic carbocycles. The Morgan fingerprint density at radius 1 is 0.774 bits per heavy atom. The number of carbonyl (C=O) groups excluding carboxylic acids is 2. The van der Waals surface area contributed by atoms with Gasteiger partial charge >= 0.3 is 12.1 Å². The van der Waals surface area contributed by atoms with Crippen LogP contribution in [0, 0.1) is 0 Å². The second-order valence-corrected chi connectivity index (χ2v) is 7.19. The van der Waals surface area contributed by atoms with Crippen molar-refractivity contribution in [2.75, 3.05) is 13.7 Å². The van der Waals surface area contributed by atoms with Crippen LogP contribution in [0.4, 0.5) is 4.79 Å². The van der Waals surface area contributed by atoms with Crippen molar-refractivity contribution in [3.05, 3.63) is 96.1 Å². The molecule has 0 unspecified atom stereocenters. The highest BCUT2D eigenvalue weighted by molar-refractivity contribution is 5.81. The molecule has 0 saturated carbocycles. The topological polar surface area (TPSA) is 55.8 Å². The number of amides is 1. The van der Waals surface area contributed by atoms with Gasteiger partial charge in [-0.15, -0.1) is 0 Å². The third kappa shape index (κ3) is 6.19. The van der Waals surface area contributed by atoms with Crippen molar-refractivity contribution in [3.8, 4) is 11.1 Å². The predicted octanol–water partition coefficient (Wildman–Crippen LogP) is 5.10. The molecule has 1 amide bonds. The molecule has 3 aromatic carbocycles. The van der Waals surface area contributed by atoms with Crippen molar-refractivity contribution >= 4 is 12.1 Å². The fraction of sp³-hybridized carbons (Fsp3) is 0.231. The summed E-state index contributed by atoms with van der Waals surface area (Å²) in [5.41, 5.74) is 4.03. The Morgan fingerprint density at radius 3 is 1.97 bits per heavy atom. The third-order valence-electron chi connectivity index (χ3n) is 5.01. The number of esters is 1. The highest BCUT2D eigenvalue weighted by Crippen LogP contribution is 2.21. The molecule has 3 rings (SSSR count). The zero-order valence-electron chi connectivity index (χ0n) is 17.9. The molecule has 160 valence electrons. The Bertz CT molecular complexity index is 971. The summed E-state index contributed by atoms with van der Waals surface area (Å²) in [6, 6.07) is 26.7. The second kappa shape index (κ2) is 11.0. The number of carbonyl (C=O) groups is 2. The molecule has 0 aliphatic rings. The molecule has 0 N–H and O–H groups in total. The maximum Gasteiger partial charge on any atom is 0.410 e. The maximum atomic E-state index is 12.9. The molecule has 0 radical (unpaired) electrons. The molecule has 5 nitrogen and oxygen atoms in total. The van der Waals surface area contributed by atoms with Crippen molar-refractivity contribution < 1.29 is 19.1 Å². The van der Waals surface area contributed by atoms with Gasteiger partial charge in [0, 0.05) is 13.5 Å². The van der Waals surface area contributed by atoms with Crippen LogP contribution in [0.2, 0.25) is 0 Å². The first-order valence-electron chi connectivity index (χ1n) is 10.3. The van der Waals surface area contributed by atoms with E-state index in [1.807, 2.05) is 84.9 Å². The van der Waals surface area contributed by atoms with Crippen molar-refractivity contribution in [1.29, 1.82) is 0 Å². The normalized spacial score (nSPS) is 11.4. The van der Waals surface area contributed by atoms with Crippen molar-refractivity contribution in [1.82, 2.24) is 4.90 Å². The van der Waals surface area contributed by atoms with E-state index in [4.69, 9.17) is 9.47 Å². The summed E-state index contributed by atoms with van der Waals surface area (Å²) in [4.78, 5) is 26.5. The molecular weight excluding hydrogens is 390 g/mol. The SMILES string of the molecule is CCOC(=O)N(C)[C@@H](Cc1ccc(-c2ccccc2)cc1)C(=O)OCc1ccccc1. The van der Waals surface area contributed by atoms with Gasteiger partial charge in [-0.2, -0.15) is 0 Å². The summed E-state index contributed by atoms with van der Waals surface area (Å²) < 4.78 is 10.6. The predicted molar refractivity (Wildman–Crippen MR) is 120 cm³/mol. The zero-order chi connectivity index (χ0) is 22.1. The molecule has 0 fully saturated rings. The molecule has 5 heteroatoms. The van der Waals surface area contributed by atoms with Gasteiger partial charge in [0.2, 0.25) is 0 Å². The number of nitrogens with zero attached hydrogens (tertiary/aromatic N) is 1. The highest BCUT2D eigenvalue weighted by atomic mass is 16.6. The van der Waals surface area contributed by atoms with Gasteiger partial charge in [-0.05, 0) is 29.2 Å². The van der Waals surface area contributed by atoms with E-state index in [1.54, 1.807) is 14.0 Å². The quantitative estimate of drug-likeness (QED) is 0.479. The lowest BCUT2D eigenvalue weighted by Gasteiger charge is -2.26. The van der Waals surface area contributed by atoms with Crippen LogP contribution in [0.25, 0.3) is 11.1 Å². The first kappa shape index (κ1) is 22.1. The fourth-order valence-corrected chi connectivity index (χ4v) is 3.24. The van der Waals surface area contributed by atoms with Gasteiger partial charge in [0.05, 0.1) is 6.61 Å². The van der Waals surface area contributed by atoms with Crippen LogP contribution in [-0.2, 0) is 27.3 Å². The van der Waals surface area contributed by atoms with Crippen LogP contribution in [0.3, 0.4) is 0 Å². The van der Waals surface area contributed by atoms with Gasteiger partial charge in [0.15, 0.2) is 0 Å². The summed E-state index contributed by atoms with van der Waals surface area (Å²) in [5, 5.41) is 0. The van der Waals surface area contributed by atoms with Gasteiger partial charge in [-0.3, -0.25) is 4.90 Å². The third-order valence-corrected chi connectivity index (χ3v) is 5.01. The van der Waals surface area contributed by atoms with E-state index in [1.165, 1.54) is 4.90 Å². The van der Waals surface area contributed by atoms with Crippen LogP contribution < -0.4 is 0 Å². The molecule has 0 saturated heterocycles. The van der Waals surface area contributed by atoms with Crippen LogP contribution in [0.5, 0.6) is 0 Å². The van der Waals surface area contributed by atoms with E-state index in [0.29, 0.717) is 6.42 Å². The number of hydrogen-bond donors (Lipinski definition) is 0. The molecular formula is C26H27NO4. The molecule has 3 aromatic rings. The van der Waals surface area contributed by atoms with E-state index in [0.717, 1.165) is 22.3 Å². The molecule has 0 aliphatic heterocycles. The van der Waals surface area contributed by atoms with E-state index in [9.17, 15) is 9.59 Å². The second-order valence-electron chi connectivity index (χ2n) is 7.19. The Kier molecular flexibility index (Phi) is 7.82. The number of likely N-dealkylation sites (N-methyl/N-ethyl adjacent to an activating group) is 1. The van der Waals surface area contributed by atoms with Crippen LogP contribution >= 0.6 is 0 Å². The minimum absolute atomic E-state index is 0.153. The molecule has 31 heavy (non-hydrogen) atoms. The number of hydrogen-bond acceptors (Lipinski definition) is 4. The summed E-state index contributed by atoms with van der Waals surface area (Å²) >= 11 is 0.